The summed E-state index contributed by atoms with van der Waals surface area (Å²) in [6.07, 6.45) is -5.22. The van der Waals surface area contributed by atoms with E-state index in [1.165, 1.54) is 39.2 Å². The van der Waals surface area contributed by atoms with Gasteiger partial charge in [0.05, 0.1) is 12.2 Å². The smallest absolute Gasteiger partial charge is 0.446 e. The first kappa shape index (κ1) is 18.7. The number of halogens is 4. The Kier molecular flexibility index (Phi) is 5.00. The van der Waals surface area contributed by atoms with E-state index >= 15 is 0 Å². The highest BCUT2D eigenvalue weighted by Gasteiger charge is 2.65. The molecule has 0 aliphatic carbocycles. The lowest BCUT2D eigenvalue weighted by molar-refractivity contribution is -0.204. The van der Waals surface area contributed by atoms with Crippen LogP contribution in [0.3, 0.4) is 0 Å². The minimum Gasteiger partial charge on any atom is -0.462 e. The molecule has 10 heteroatoms. The molecule has 1 atom stereocenters. The van der Waals surface area contributed by atoms with E-state index in [9.17, 15) is 22.4 Å². The molecule has 25 heavy (non-hydrogen) atoms. The quantitative estimate of drug-likeness (QED) is 0.612. The van der Waals surface area contributed by atoms with E-state index in [0.717, 1.165) is 11.0 Å². The average molecular weight is 361 g/mol. The predicted molar refractivity (Wildman–Crippen MR) is 80.6 cm³/mol. The highest BCUT2D eigenvalue weighted by molar-refractivity contribution is 6.05. The van der Waals surface area contributed by atoms with Gasteiger partial charge in [0.15, 0.2) is 0 Å². The Labute approximate surface area is 140 Å². The molecule has 0 N–H and O–H groups in total. The molecule has 0 fully saturated rings. The number of hydrogen-bond acceptors (Lipinski definition) is 6. The van der Waals surface area contributed by atoms with Gasteiger partial charge in [0.25, 0.3) is 6.02 Å². The maximum Gasteiger partial charge on any atom is 0.446 e. The Morgan fingerprint density at radius 1 is 1.28 bits per heavy atom. The Balaban J connectivity index is 2.70. The minimum absolute atomic E-state index is 0.311. The molecular weight excluding hydrogens is 346 g/mol. The van der Waals surface area contributed by atoms with Crippen LogP contribution in [0.15, 0.2) is 34.3 Å². The van der Waals surface area contributed by atoms with Crippen molar-refractivity contribution in [2.24, 2.45) is 9.98 Å². The van der Waals surface area contributed by atoms with Gasteiger partial charge in [0, 0.05) is 14.1 Å². The van der Waals surface area contributed by atoms with Crippen molar-refractivity contribution >= 4 is 17.9 Å². The lowest BCUT2D eigenvalue weighted by atomic mass is 10.1. The summed E-state index contributed by atoms with van der Waals surface area (Å²) >= 11 is 0. The van der Waals surface area contributed by atoms with Crippen LogP contribution in [0.25, 0.3) is 0 Å². The van der Waals surface area contributed by atoms with Crippen LogP contribution in [-0.2, 0) is 14.3 Å². The van der Waals surface area contributed by atoms with Gasteiger partial charge in [-0.15, -0.1) is 0 Å². The summed E-state index contributed by atoms with van der Waals surface area (Å²) in [7, 11) is 2.71. The van der Waals surface area contributed by atoms with Gasteiger partial charge < -0.3 is 14.4 Å². The van der Waals surface area contributed by atoms with Gasteiger partial charge in [-0.05, 0) is 19.1 Å². The summed E-state index contributed by atoms with van der Waals surface area (Å²) in [4.78, 5) is 19.8. The van der Waals surface area contributed by atoms with Gasteiger partial charge in [-0.25, -0.2) is 9.18 Å². The summed E-state index contributed by atoms with van der Waals surface area (Å²) in [6.45, 7) is 1.04. The van der Waals surface area contributed by atoms with Crippen LogP contribution >= 0.6 is 0 Å². The summed E-state index contributed by atoms with van der Waals surface area (Å²) in [5.41, 5.74) is -3.91. The average Bonchev–Trinajstić information content (AvgIpc) is 2.53. The second kappa shape index (κ2) is 6.69. The van der Waals surface area contributed by atoms with E-state index in [-0.39, 0.29) is 12.2 Å². The number of amidine groups is 1. The van der Waals surface area contributed by atoms with Gasteiger partial charge in [-0.3, -0.25) is 0 Å². The van der Waals surface area contributed by atoms with Crippen LogP contribution < -0.4 is 0 Å². The van der Waals surface area contributed by atoms with Crippen LogP contribution in [0, 0.1) is 5.82 Å². The number of alkyl halides is 3. The van der Waals surface area contributed by atoms with Crippen LogP contribution in [0.4, 0.5) is 17.6 Å². The van der Waals surface area contributed by atoms with Gasteiger partial charge in [-0.1, -0.05) is 12.1 Å². The van der Waals surface area contributed by atoms with Gasteiger partial charge in [0.2, 0.25) is 5.90 Å². The largest absolute Gasteiger partial charge is 0.462 e. The van der Waals surface area contributed by atoms with Crippen LogP contribution in [0.5, 0.6) is 0 Å². The van der Waals surface area contributed by atoms with Crippen molar-refractivity contribution in [2.45, 2.75) is 18.8 Å². The lowest BCUT2D eigenvalue weighted by Crippen LogP contribution is -2.54. The van der Waals surface area contributed by atoms with Gasteiger partial charge in [0.1, 0.15) is 5.82 Å². The monoisotopic (exact) mass is 361 g/mol. The number of carbonyl (C=O) groups is 1. The number of ether oxygens (including phenoxy) is 2. The van der Waals surface area contributed by atoms with Gasteiger partial charge in [-0.2, -0.15) is 23.2 Å². The number of esters is 1. The predicted octanol–water partition coefficient (Wildman–Crippen LogP) is 2.34. The van der Waals surface area contributed by atoms with Crippen LogP contribution in [0.2, 0.25) is 0 Å². The highest BCUT2D eigenvalue weighted by Crippen LogP contribution is 2.39. The third-order valence-electron chi connectivity index (χ3n) is 3.15. The van der Waals surface area contributed by atoms with E-state index in [1.807, 2.05) is 0 Å². The lowest BCUT2D eigenvalue weighted by Gasteiger charge is -2.32. The van der Waals surface area contributed by atoms with E-state index < -0.39 is 35.5 Å². The van der Waals surface area contributed by atoms with Crippen LogP contribution in [-0.4, -0.2) is 55.3 Å². The normalized spacial score (nSPS) is 20.3. The molecule has 0 bridgehead atoms. The topological polar surface area (TPSA) is 63.5 Å². The summed E-state index contributed by atoms with van der Waals surface area (Å²) in [5, 5.41) is 0. The highest BCUT2D eigenvalue weighted by atomic mass is 19.4. The molecule has 2 rings (SSSR count). The molecule has 1 aliphatic rings. The Hall–Kier alpha value is -2.65. The van der Waals surface area contributed by atoms with E-state index in [1.54, 1.807) is 0 Å². The zero-order valence-corrected chi connectivity index (χ0v) is 13.6. The Morgan fingerprint density at radius 3 is 2.44 bits per heavy atom. The van der Waals surface area contributed by atoms with Crippen molar-refractivity contribution in [1.82, 2.24) is 4.90 Å². The maximum absolute atomic E-state index is 14.0. The Bertz CT molecular complexity index is 731. The first-order valence-corrected chi connectivity index (χ1v) is 7.16. The third-order valence-corrected chi connectivity index (χ3v) is 3.15. The van der Waals surface area contributed by atoms with Gasteiger partial charge >= 0.3 is 17.8 Å². The van der Waals surface area contributed by atoms with Crippen molar-refractivity contribution in [1.29, 1.82) is 0 Å². The molecule has 0 spiro atoms. The third kappa shape index (κ3) is 3.42. The van der Waals surface area contributed by atoms with Crippen LogP contribution in [0.1, 0.15) is 12.5 Å². The first-order chi connectivity index (χ1) is 11.6. The van der Waals surface area contributed by atoms with E-state index in [0.29, 0.717) is 0 Å². The number of carbonyl (C=O) groups excluding carboxylic acids is 1. The molecule has 1 aromatic rings. The first-order valence-electron chi connectivity index (χ1n) is 7.16. The molecule has 0 amide bonds. The fourth-order valence-corrected chi connectivity index (χ4v) is 1.95. The molecule has 1 heterocycles. The number of nitrogens with zero attached hydrogens (tertiary/aromatic N) is 3. The van der Waals surface area contributed by atoms with Crippen molar-refractivity contribution < 1.29 is 31.8 Å². The zero-order chi connectivity index (χ0) is 18.8. The van der Waals surface area contributed by atoms with Crippen molar-refractivity contribution in [3.63, 3.8) is 0 Å². The molecule has 1 aromatic carbocycles. The fraction of sp³-hybridized carbons (Fsp3) is 0.400. The number of benzene rings is 1. The minimum atomic E-state index is -5.22. The fourth-order valence-electron chi connectivity index (χ4n) is 1.95. The van der Waals surface area contributed by atoms with Crippen molar-refractivity contribution in [3.05, 3.63) is 35.6 Å². The van der Waals surface area contributed by atoms with Crippen molar-refractivity contribution in [2.75, 3.05) is 20.7 Å². The molecule has 136 valence electrons. The summed E-state index contributed by atoms with van der Waals surface area (Å²) < 4.78 is 64.8. The molecule has 6 nitrogen and oxygen atoms in total. The zero-order valence-electron chi connectivity index (χ0n) is 13.6. The molecule has 0 radical (unpaired) electrons. The molecule has 0 saturated heterocycles. The summed E-state index contributed by atoms with van der Waals surface area (Å²) in [5.74, 6) is -3.30. The molecule has 0 saturated carbocycles. The second-order valence-electron chi connectivity index (χ2n) is 5.18. The Morgan fingerprint density at radius 2 is 1.92 bits per heavy atom. The second-order valence-corrected chi connectivity index (χ2v) is 5.18. The maximum atomic E-state index is 14.0. The molecule has 0 unspecified atom stereocenters. The SMILES string of the molecule is CCOC(=O)[C@@]1(C(F)(F)F)N=C(c2ccccc2F)OC(N(C)C)=N1. The van der Waals surface area contributed by atoms with E-state index in [2.05, 4.69) is 14.7 Å². The number of hydrogen-bond donors (Lipinski definition) is 0. The standard InChI is InChI=1S/C15H15F4N3O3/c1-4-24-12(23)14(15(17,18)19)20-11(25-13(21-14)22(2)3)9-7-5-6-8-10(9)16/h5-8H,4H2,1-3H3/t14-/m1/s1. The van der Waals surface area contributed by atoms with E-state index in [4.69, 9.17) is 4.74 Å². The number of rotatable bonds is 3. The number of aliphatic imine (C=N–C) groups is 2. The summed E-state index contributed by atoms with van der Waals surface area (Å²) in [6, 6.07) is 4.40. The van der Waals surface area contributed by atoms with Crippen molar-refractivity contribution in [3.8, 4) is 0 Å². The molecule has 0 aromatic heterocycles. The molecular formula is C15H15F4N3O3. The molecule has 1 aliphatic heterocycles.